The van der Waals surface area contributed by atoms with E-state index < -0.39 is 5.97 Å². The molecule has 0 bridgehead atoms. The number of carbonyl (C=O) groups excluding carboxylic acids is 1. The Bertz CT molecular complexity index is 503. The van der Waals surface area contributed by atoms with Gasteiger partial charge in [-0.15, -0.1) is 11.3 Å². The third-order valence-corrected chi connectivity index (χ3v) is 4.44. The van der Waals surface area contributed by atoms with E-state index in [0.29, 0.717) is 29.6 Å². The summed E-state index contributed by atoms with van der Waals surface area (Å²) in [6, 6.07) is 1.80. The summed E-state index contributed by atoms with van der Waals surface area (Å²) >= 11 is 1.39. The number of hydrogen-bond donors (Lipinski definition) is 2. The van der Waals surface area contributed by atoms with Crippen LogP contribution in [0.2, 0.25) is 0 Å². The first-order valence-electron chi connectivity index (χ1n) is 6.95. The number of piperidine rings is 1. The molecule has 6 nitrogen and oxygen atoms in total. The lowest BCUT2D eigenvalue weighted by Gasteiger charge is -2.32. The third-order valence-electron chi connectivity index (χ3n) is 3.56. The van der Waals surface area contributed by atoms with Crippen LogP contribution in [0, 0.1) is 5.92 Å². The van der Waals surface area contributed by atoms with E-state index in [2.05, 4.69) is 5.32 Å². The standard InChI is InChI=1S/C14H20N2O4S/c1-20-11-4-6-21-13(11)14(19)16-5-2-3-10(9-16)7-15-8-12(17)18/h4,6,10,15H,2-3,5,7-9H2,1H3,(H,17,18). The van der Waals surface area contributed by atoms with Crippen LogP contribution in [0.5, 0.6) is 5.75 Å². The molecule has 1 saturated heterocycles. The van der Waals surface area contributed by atoms with Gasteiger partial charge in [0.05, 0.1) is 13.7 Å². The maximum atomic E-state index is 12.5. The number of rotatable bonds is 6. The fourth-order valence-electron chi connectivity index (χ4n) is 2.56. The van der Waals surface area contributed by atoms with E-state index in [-0.39, 0.29) is 12.5 Å². The molecule has 1 aromatic heterocycles. The molecule has 2 N–H and O–H groups in total. The summed E-state index contributed by atoms with van der Waals surface area (Å²) in [5, 5.41) is 13.4. The maximum absolute atomic E-state index is 12.5. The molecule has 0 aliphatic carbocycles. The van der Waals surface area contributed by atoms with E-state index in [4.69, 9.17) is 9.84 Å². The normalized spacial score (nSPS) is 18.5. The average Bonchev–Trinajstić information content (AvgIpc) is 2.95. The fourth-order valence-corrected chi connectivity index (χ4v) is 3.38. The van der Waals surface area contributed by atoms with Crippen LogP contribution in [0.25, 0.3) is 0 Å². The number of thiophene rings is 1. The highest BCUT2D eigenvalue weighted by Crippen LogP contribution is 2.27. The maximum Gasteiger partial charge on any atom is 0.317 e. The molecule has 2 heterocycles. The van der Waals surface area contributed by atoms with Gasteiger partial charge in [-0.1, -0.05) is 0 Å². The van der Waals surface area contributed by atoms with Crippen molar-refractivity contribution in [3.05, 3.63) is 16.3 Å². The lowest BCUT2D eigenvalue weighted by atomic mass is 9.98. The molecule has 21 heavy (non-hydrogen) atoms. The molecule has 1 amide bonds. The van der Waals surface area contributed by atoms with Gasteiger partial charge in [0.1, 0.15) is 10.6 Å². The number of aliphatic carboxylic acids is 1. The number of hydrogen-bond acceptors (Lipinski definition) is 5. The van der Waals surface area contributed by atoms with Gasteiger partial charge < -0.3 is 20.1 Å². The Balaban J connectivity index is 1.91. The van der Waals surface area contributed by atoms with Gasteiger partial charge in [-0.25, -0.2) is 0 Å². The second kappa shape index (κ2) is 7.42. The SMILES string of the molecule is COc1ccsc1C(=O)N1CCCC(CNCC(=O)O)C1. The zero-order valence-electron chi connectivity index (χ0n) is 12.0. The quantitative estimate of drug-likeness (QED) is 0.827. The topological polar surface area (TPSA) is 78.9 Å². The van der Waals surface area contributed by atoms with Crippen LogP contribution in [-0.4, -0.2) is 55.2 Å². The number of carboxylic acid groups (broad SMARTS) is 1. The van der Waals surface area contributed by atoms with Crippen molar-refractivity contribution < 1.29 is 19.4 Å². The van der Waals surface area contributed by atoms with E-state index >= 15 is 0 Å². The number of likely N-dealkylation sites (tertiary alicyclic amines) is 1. The predicted molar refractivity (Wildman–Crippen MR) is 80.0 cm³/mol. The molecule has 116 valence electrons. The van der Waals surface area contributed by atoms with Crippen molar-refractivity contribution in [3.8, 4) is 5.75 Å². The number of nitrogens with zero attached hydrogens (tertiary/aromatic N) is 1. The smallest absolute Gasteiger partial charge is 0.317 e. The minimum Gasteiger partial charge on any atom is -0.495 e. The predicted octanol–water partition coefficient (Wildman–Crippen LogP) is 1.28. The molecule has 1 unspecified atom stereocenters. The van der Waals surface area contributed by atoms with Gasteiger partial charge in [0, 0.05) is 19.6 Å². The van der Waals surface area contributed by atoms with Gasteiger partial charge in [-0.05, 0) is 30.2 Å². The van der Waals surface area contributed by atoms with Crippen molar-refractivity contribution in [2.45, 2.75) is 12.8 Å². The van der Waals surface area contributed by atoms with Crippen LogP contribution in [0.1, 0.15) is 22.5 Å². The molecular formula is C14H20N2O4S. The Hall–Kier alpha value is -1.60. The van der Waals surface area contributed by atoms with Gasteiger partial charge in [-0.3, -0.25) is 9.59 Å². The molecule has 1 fully saturated rings. The lowest BCUT2D eigenvalue weighted by molar-refractivity contribution is -0.136. The van der Waals surface area contributed by atoms with Crippen LogP contribution in [0.4, 0.5) is 0 Å². The van der Waals surface area contributed by atoms with Crippen molar-refractivity contribution >= 4 is 23.2 Å². The molecule has 1 aliphatic rings. The third kappa shape index (κ3) is 4.18. The zero-order chi connectivity index (χ0) is 15.2. The molecule has 1 aromatic rings. The Morgan fingerprint density at radius 3 is 3.10 bits per heavy atom. The fraction of sp³-hybridized carbons (Fsp3) is 0.571. The Kier molecular flexibility index (Phi) is 5.58. The number of methoxy groups -OCH3 is 1. The zero-order valence-corrected chi connectivity index (χ0v) is 12.8. The number of amides is 1. The number of ether oxygens (including phenoxy) is 1. The Morgan fingerprint density at radius 1 is 1.57 bits per heavy atom. The highest BCUT2D eigenvalue weighted by molar-refractivity contribution is 7.12. The second-order valence-electron chi connectivity index (χ2n) is 5.10. The van der Waals surface area contributed by atoms with E-state index in [9.17, 15) is 9.59 Å². The number of carbonyl (C=O) groups is 2. The molecule has 2 rings (SSSR count). The Morgan fingerprint density at radius 2 is 2.38 bits per heavy atom. The number of carboxylic acids is 1. The molecule has 0 aromatic carbocycles. The molecule has 1 atom stereocenters. The van der Waals surface area contributed by atoms with Gasteiger partial charge in [0.2, 0.25) is 0 Å². The molecule has 0 spiro atoms. The summed E-state index contributed by atoms with van der Waals surface area (Å²) in [5.74, 6) is 0.0657. The van der Waals surface area contributed by atoms with Crippen LogP contribution in [-0.2, 0) is 4.79 Å². The second-order valence-corrected chi connectivity index (χ2v) is 6.02. The first-order chi connectivity index (χ1) is 10.1. The molecule has 0 saturated carbocycles. The van der Waals surface area contributed by atoms with E-state index in [0.717, 1.165) is 19.4 Å². The van der Waals surface area contributed by atoms with Crippen molar-refractivity contribution in [3.63, 3.8) is 0 Å². The summed E-state index contributed by atoms with van der Waals surface area (Å²) < 4.78 is 5.20. The van der Waals surface area contributed by atoms with E-state index in [1.54, 1.807) is 13.2 Å². The van der Waals surface area contributed by atoms with Crippen LogP contribution in [0.3, 0.4) is 0 Å². The first-order valence-corrected chi connectivity index (χ1v) is 7.83. The van der Waals surface area contributed by atoms with E-state index in [1.165, 1.54) is 11.3 Å². The summed E-state index contributed by atoms with van der Waals surface area (Å²) in [6.45, 7) is 1.99. The van der Waals surface area contributed by atoms with Crippen LogP contribution >= 0.6 is 11.3 Å². The summed E-state index contributed by atoms with van der Waals surface area (Å²) in [6.07, 6.45) is 1.96. The largest absolute Gasteiger partial charge is 0.495 e. The Labute approximate surface area is 127 Å². The minimum absolute atomic E-state index is 0.00443. The van der Waals surface area contributed by atoms with Gasteiger partial charge in [0.15, 0.2) is 0 Å². The number of nitrogens with one attached hydrogen (secondary N) is 1. The van der Waals surface area contributed by atoms with E-state index in [1.807, 2.05) is 10.3 Å². The van der Waals surface area contributed by atoms with Crippen LogP contribution < -0.4 is 10.1 Å². The van der Waals surface area contributed by atoms with Gasteiger partial charge >= 0.3 is 5.97 Å². The van der Waals surface area contributed by atoms with Crippen molar-refractivity contribution in [2.75, 3.05) is 33.3 Å². The minimum atomic E-state index is -0.859. The van der Waals surface area contributed by atoms with Gasteiger partial charge in [0.25, 0.3) is 5.91 Å². The van der Waals surface area contributed by atoms with Crippen molar-refractivity contribution in [1.82, 2.24) is 10.2 Å². The highest BCUT2D eigenvalue weighted by Gasteiger charge is 2.26. The lowest BCUT2D eigenvalue weighted by Crippen LogP contribution is -2.43. The van der Waals surface area contributed by atoms with Crippen molar-refractivity contribution in [1.29, 1.82) is 0 Å². The molecular weight excluding hydrogens is 292 g/mol. The summed E-state index contributed by atoms with van der Waals surface area (Å²) in [7, 11) is 1.56. The summed E-state index contributed by atoms with van der Waals surface area (Å²) in [4.78, 5) is 25.5. The monoisotopic (exact) mass is 312 g/mol. The molecule has 0 radical (unpaired) electrons. The van der Waals surface area contributed by atoms with Crippen molar-refractivity contribution in [2.24, 2.45) is 5.92 Å². The molecule has 1 aliphatic heterocycles. The highest BCUT2D eigenvalue weighted by atomic mass is 32.1. The van der Waals surface area contributed by atoms with Gasteiger partial charge in [-0.2, -0.15) is 0 Å². The first kappa shape index (κ1) is 15.8. The average molecular weight is 312 g/mol. The molecule has 7 heteroatoms. The summed E-state index contributed by atoms with van der Waals surface area (Å²) in [5.41, 5.74) is 0. The van der Waals surface area contributed by atoms with Crippen LogP contribution in [0.15, 0.2) is 11.4 Å².